The third-order valence-corrected chi connectivity index (χ3v) is 4.76. The summed E-state index contributed by atoms with van der Waals surface area (Å²) in [6, 6.07) is 15.6. The maximum Gasteiger partial charge on any atom is 0.339 e. The zero-order valence-corrected chi connectivity index (χ0v) is 17.4. The summed E-state index contributed by atoms with van der Waals surface area (Å²) in [5.74, 6) is -1.13. The maximum atomic E-state index is 12.8. The number of benzene rings is 1. The minimum absolute atomic E-state index is 0.124. The van der Waals surface area contributed by atoms with Gasteiger partial charge in [0.15, 0.2) is 12.4 Å². The first kappa shape index (κ1) is 20.7. The van der Waals surface area contributed by atoms with Crippen LogP contribution in [0.25, 0.3) is 22.3 Å². The minimum Gasteiger partial charge on any atom is -0.452 e. The zero-order chi connectivity index (χ0) is 21.8. The molecule has 0 radical (unpaired) electrons. The Morgan fingerprint density at radius 1 is 0.968 bits per heavy atom. The highest BCUT2D eigenvalue weighted by Crippen LogP contribution is 2.25. The number of anilines is 1. The second kappa shape index (κ2) is 9.07. The lowest BCUT2D eigenvalue weighted by Gasteiger charge is -2.10. The third-order valence-electron chi connectivity index (χ3n) is 4.26. The molecule has 0 bridgehead atoms. The SMILES string of the molecule is O=C(COC(=O)c1cc(-c2ccccn2)nc2ccccc12)Nc1ncc(Cl)cc1Cl. The number of hydrogen-bond acceptors (Lipinski definition) is 6. The van der Waals surface area contributed by atoms with Crippen molar-refractivity contribution < 1.29 is 14.3 Å². The summed E-state index contributed by atoms with van der Waals surface area (Å²) in [5.41, 5.74) is 2.03. The number of aromatic nitrogens is 3. The van der Waals surface area contributed by atoms with Crippen LogP contribution in [-0.2, 0) is 9.53 Å². The summed E-state index contributed by atoms with van der Waals surface area (Å²) in [7, 11) is 0. The van der Waals surface area contributed by atoms with Crippen molar-refractivity contribution in [3.05, 3.63) is 82.6 Å². The Morgan fingerprint density at radius 2 is 1.77 bits per heavy atom. The molecule has 1 aromatic carbocycles. The highest BCUT2D eigenvalue weighted by atomic mass is 35.5. The second-order valence-electron chi connectivity index (χ2n) is 6.40. The highest BCUT2D eigenvalue weighted by molar-refractivity contribution is 6.36. The van der Waals surface area contributed by atoms with E-state index in [2.05, 4.69) is 20.3 Å². The van der Waals surface area contributed by atoms with Crippen molar-refractivity contribution in [1.29, 1.82) is 0 Å². The summed E-state index contributed by atoms with van der Waals surface area (Å²) < 4.78 is 5.23. The van der Waals surface area contributed by atoms with E-state index in [-0.39, 0.29) is 16.4 Å². The van der Waals surface area contributed by atoms with Crippen LogP contribution in [0.15, 0.2) is 67.0 Å². The van der Waals surface area contributed by atoms with Gasteiger partial charge in [-0.25, -0.2) is 14.8 Å². The molecule has 0 spiro atoms. The van der Waals surface area contributed by atoms with Gasteiger partial charge in [-0.2, -0.15) is 0 Å². The van der Waals surface area contributed by atoms with Crippen LogP contribution in [0.1, 0.15) is 10.4 Å². The lowest BCUT2D eigenvalue weighted by Crippen LogP contribution is -2.21. The molecule has 0 atom stereocenters. The molecule has 0 unspecified atom stereocenters. The number of hydrogen-bond donors (Lipinski definition) is 1. The summed E-state index contributed by atoms with van der Waals surface area (Å²) in [6.45, 7) is -0.519. The molecule has 154 valence electrons. The van der Waals surface area contributed by atoms with Crippen molar-refractivity contribution >= 4 is 51.8 Å². The van der Waals surface area contributed by atoms with Crippen molar-refractivity contribution in [2.24, 2.45) is 0 Å². The molecule has 0 saturated carbocycles. The number of ether oxygens (including phenoxy) is 1. The molecule has 0 fully saturated rings. The fraction of sp³-hybridized carbons (Fsp3) is 0.0455. The Hall–Kier alpha value is -3.55. The summed E-state index contributed by atoms with van der Waals surface area (Å²) in [5, 5.41) is 3.59. The molecule has 31 heavy (non-hydrogen) atoms. The van der Waals surface area contributed by atoms with Crippen LogP contribution in [0.5, 0.6) is 0 Å². The van der Waals surface area contributed by atoms with Gasteiger partial charge in [-0.15, -0.1) is 0 Å². The number of amides is 1. The predicted molar refractivity (Wildman–Crippen MR) is 118 cm³/mol. The smallest absolute Gasteiger partial charge is 0.339 e. The van der Waals surface area contributed by atoms with Gasteiger partial charge in [-0.1, -0.05) is 47.5 Å². The number of fused-ring (bicyclic) bond motifs is 1. The molecule has 0 saturated heterocycles. The zero-order valence-electron chi connectivity index (χ0n) is 15.9. The van der Waals surface area contributed by atoms with Crippen molar-refractivity contribution in [3.63, 3.8) is 0 Å². The molecule has 9 heteroatoms. The van der Waals surface area contributed by atoms with Gasteiger partial charge >= 0.3 is 5.97 Å². The molecule has 4 rings (SSSR count). The van der Waals surface area contributed by atoms with E-state index in [9.17, 15) is 9.59 Å². The number of nitrogens with zero attached hydrogens (tertiary/aromatic N) is 3. The number of nitrogens with one attached hydrogen (secondary N) is 1. The molecule has 0 aliphatic carbocycles. The first-order valence-corrected chi connectivity index (χ1v) is 9.86. The summed E-state index contributed by atoms with van der Waals surface area (Å²) in [4.78, 5) is 37.8. The van der Waals surface area contributed by atoms with Gasteiger partial charge in [0, 0.05) is 17.8 Å². The van der Waals surface area contributed by atoms with Gasteiger partial charge in [-0.05, 0) is 30.3 Å². The Kier molecular flexibility index (Phi) is 6.06. The number of para-hydroxylation sites is 1. The molecule has 1 amide bonds. The molecular formula is C22H14Cl2N4O3. The van der Waals surface area contributed by atoms with E-state index in [0.29, 0.717) is 27.3 Å². The Balaban J connectivity index is 1.55. The van der Waals surface area contributed by atoms with Crippen molar-refractivity contribution in [2.45, 2.75) is 0 Å². The molecular weight excluding hydrogens is 439 g/mol. The quantitative estimate of drug-likeness (QED) is 0.437. The number of rotatable bonds is 5. The van der Waals surface area contributed by atoms with Gasteiger partial charge in [0.1, 0.15) is 0 Å². The molecule has 3 aromatic heterocycles. The Morgan fingerprint density at radius 3 is 2.55 bits per heavy atom. The molecule has 1 N–H and O–H groups in total. The van der Waals surface area contributed by atoms with Gasteiger partial charge in [-0.3, -0.25) is 9.78 Å². The standard InChI is InChI=1S/C22H14Cl2N4O3/c23-13-9-16(24)21(26-11-13)28-20(29)12-31-22(30)15-10-19(18-7-3-4-8-25-18)27-17-6-2-1-5-14(15)17/h1-11H,12H2,(H,26,28,29). The fourth-order valence-electron chi connectivity index (χ4n) is 2.87. The van der Waals surface area contributed by atoms with Crippen LogP contribution in [0.4, 0.5) is 5.82 Å². The monoisotopic (exact) mass is 452 g/mol. The number of pyridine rings is 3. The maximum absolute atomic E-state index is 12.8. The van der Waals surface area contributed by atoms with Crippen LogP contribution >= 0.6 is 23.2 Å². The first-order chi connectivity index (χ1) is 15.0. The summed E-state index contributed by atoms with van der Waals surface area (Å²) in [6.07, 6.45) is 2.99. The Bertz CT molecular complexity index is 1280. The molecule has 3 heterocycles. The lowest BCUT2D eigenvalue weighted by molar-refractivity contribution is -0.119. The highest BCUT2D eigenvalue weighted by Gasteiger charge is 2.17. The van der Waals surface area contributed by atoms with Gasteiger partial charge in [0.25, 0.3) is 5.91 Å². The van der Waals surface area contributed by atoms with Crippen LogP contribution < -0.4 is 5.32 Å². The van der Waals surface area contributed by atoms with Crippen molar-refractivity contribution in [3.8, 4) is 11.4 Å². The van der Waals surface area contributed by atoms with Crippen molar-refractivity contribution in [1.82, 2.24) is 15.0 Å². The van der Waals surface area contributed by atoms with E-state index < -0.39 is 18.5 Å². The van der Waals surface area contributed by atoms with E-state index in [1.807, 2.05) is 12.1 Å². The predicted octanol–water partition coefficient (Wildman–Crippen LogP) is 4.79. The minimum atomic E-state index is -0.666. The first-order valence-electron chi connectivity index (χ1n) is 9.10. The Labute approximate surface area is 187 Å². The molecule has 4 aromatic rings. The summed E-state index contributed by atoms with van der Waals surface area (Å²) >= 11 is 11.8. The number of halogens is 2. The largest absolute Gasteiger partial charge is 0.452 e. The van der Waals surface area contributed by atoms with Gasteiger partial charge in [0.2, 0.25) is 0 Å². The fourth-order valence-corrected chi connectivity index (χ4v) is 3.30. The van der Waals surface area contributed by atoms with E-state index in [4.69, 9.17) is 27.9 Å². The normalized spacial score (nSPS) is 10.6. The van der Waals surface area contributed by atoms with Crippen molar-refractivity contribution in [2.75, 3.05) is 11.9 Å². The van der Waals surface area contributed by atoms with E-state index in [1.165, 1.54) is 12.3 Å². The number of esters is 1. The molecule has 0 aliphatic rings. The average Bonchev–Trinajstić information content (AvgIpc) is 2.79. The number of carbonyl (C=O) groups excluding carboxylic acids is 2. The lowest BCUT2D eigenvalue weighted by atomic mass is 10.1. The van der Waals surface area contributed by atoms with E-state index >= 15 is 0 Å². The van der Waals surface area contributed by atoms with E-state index in [0.717, 1.165) is 0 Å². The second-order valence-corrected chi connectivity index (χ2v) is 7.24. The van der Waals surface area contributed by atoms with Crippen LogP contribution in [0.2, 0.25) is 10.0 Å². The molecule has 7 nitrogen and oxygen atoms in total. The number of carbonyl (C=O) groups is 2. The third kappa shape index (κ3) is 4.79. The van der Waals surface area contributed by atoms with Gasteiger partial charge in [0.05, 0.1) is 32.5 Å². The average molecular weight is 453 g/mol. The van der Waals surface area contributed by atoms with Gasteiger partial charge < -0.3 is 10.1 Å². The molecule has 0 aliphatic heterocycles. The topological polar surface area (TPSA) is 94.1 Å². The van der Waals surface area contributed by atoms with E-state index in [1.54, 1.807) is 42.6 Å². The van der Waals surface area contributed by atoms with Crippen LogP contribution in [0, 0.1) is 0 Å². The van der Waals surface area contributed by atoms with Crippen LogP contribution in [-0.4, -0.2) is 33.4 Å². The van der Waals surface area contributed by atoms with Crippen LogP contribution in [0.3, 0.4) is 0 Å².